The molecule has 6 nitrogen and oxygen atoms in total. The molecule has 2 aromatic rings. The van der Waals surface area contributed by atoms with Crippen molar-refractivity contribution in [3.63, 3.8) is 0 Å². The molecule has 1 saturated heterocycles. The van der Waals surface area contributed by atoms with Crippen LogP contribution in [0, 0.1) is 0 Å². The van der Waals surface area contributed by atoms with Crippen LogP contribution in [-0.4, -0.2) is 60.6 Å². The predicted molar refractivity (Wildman–Crippen MR) is 110 cm³/mol. The molecule has 0 aromatic heterocycles. The van der Waals surface area contributed by atoms with Gasteiger partial charge in [-0.1, -0.05) is 54.6 Å². The summed E-state index contributed by atoms with van der Waals surface area (Å²) in [5.41, 5.74) is 3.00. The number of benzene rings is 2. The number of amides is 2. The summed E-state index contributed by atoms with van der Waals surface area (Å²) < 4.78 is 4.96. The number of fused-ring (bicyclic) bond motifs is 1. The van der Waals surface area contributed by atoms with Gasteiger partial charge in [-0.25, -0.2) is 4.79 Å². The molecule has 1 heterocycles. The van der Waals surface area contributed by atoms with Crippen molar-refractivity contribution in [1.29, 1.82) is 0 Å². The summed E-state index contributed by atoms with van der Waals surface area (Å²) in [6.45, 7) is 2.59. The molecular weight excluding hydrogens is 366 g/mol. The fraction of sp³-hybridized carbons (Fsp3) is 0.391. The summed E-state index contributed by atoms with van der Waals surface area (Å²) in [4.78, 5) is 28.8. The van der Waals surface area contributed by atoms with Crippen LogP contribution in [0.1, 0.15) is 16.7 Å². The molecule has 1 aliphatic carbocycles. The van der Waals surface area contributed by atoms with Crippen molar-refractivity contribution in [2.75, 3.05) is 33.3 Å². The van der Waals surface area contributed by atoms with E-state index in [0.29, 0.717) is 45.6 Å². The van der Waals surface area contributed by atoms with Gasteiger partial charge in [0.15, 0.2) is 0 Å². The minimum Gasteiger partial charge on any atom is -0.448 e. The van der Waals surface area contributed by atoms with Gasteiger partial charge in [0.1, 0.15) is 12.1 Å². The van der Waals surface area contributed by atoms with E-state index in [1.165, 1.54) is 16.7 Å². The molecule has 4 rings (SSSR count). The van der Waals surface area contributed by atoms with Crippen LogP contribution >= 0.6 is 0 Å². The number of hydrogen-bond acceptors (Lipinski definition) is 4. The average molecular weight is 393 g/mol. The fourth-order valence-electron chi connectivity index (χ4n) is 4.31. The summed E-state index contributed by atoms with van der Waals surface area (Å²) in [5, 5.41) is 3.08. The number of carbonyl (C=O) groups is 2. The Bertz CT molecular complexity index is 859. The third kappa shape index (κ3) is 3.98. The monoisotopic (exact) mass is 393 g/mol. The lowest BCUT2D eigenvalue weighted by atomic mass is 9.91. The van der Waals surface area contributed by atoms with Crippen molar-refractivity contribution in [2.24, 2.45) is 0 Å². The number of hydrogen-bond donors (Lipinski definition) is 1. The van der Waals surface area contributed by atoms with Gasteiger partial charge in [0, 0.05) is 32.5 Å². The first-order valence-corrected chi connectivity index (χ1v) is 10.1. The molecule has 1 fully saturated rings. The van der Waals surface area contributed by atoms with Crippen molar-refractivity contribution in [3.8, 4) is 0 Å². The lowest BCUT2D eigenvalue weighted by molar-refractivity contribution is -0.132. The third-order valence-corrected chi connectivity index (χ3v) is 6.01. The maximum absolute atomic E-state index is 13.4. The average Bonchev–Trinajstić information content (AvgIpc) is 3.33. The van der Waals surface area contributed by atoms with Crippen LogP contribution in [0.2, 0.25) is 0 Å². The molecule has 1 N–H and O–H groups in total. The molecule has 2 aromatic carbocycles. The van der Waals surface area contributed by atoms with Gasteiger partial charge in [0.05, 0.1) is 6.54 Å². The molecule has 1 aliphatic heterocycles. The number of carbonyl (C=O) groups excluding carboxylic acids is 2. The number of rotatable bonds is 7. The molecule has 0 unspecified atom stereocenters. The third-order valence-electron chi connectivity index (χ3n) is 6.01. The Hall–Kier alpha value is -2.86. The Morgan fingerprint density at radius 1 is 1.10 bits per heavy atom. The quantitative estimate of drug-likeness (QED) is 0.784. The number of nitrogens with zero attached hydrogens (tertiary/aromatic N) is 2. The first-order valence-electron chi connectivity index (χ1n) is 10.1. The van der Waals surface area contributed by atoms with E-state index in [1.807, 2.05) is 37.4 Å². The number of likely N-dealkylation sites (N-methyl/N-ethyl adjacent to an activating group) is 1. The number of cyclic esters (lactones) is 1. The number of nitrogens with one attached hydrogen (secondary N) is 1. The van der Waals surface area contributed by atoms with Gasteiger partial charge in [-0.15, -0.1) is 0 Å². The maximum atomic E-state index is 13.4. The van der Waals surface area contributed by atoms with E-state index in [0.717, 1.165) is 0 Å². The molecule has 0 spiro atoms. The smallest absolute Gasteiger partial charge is 0.409 e. The summed E-state index contributed by atoms with van der Waals surface area (Å²) in [6, 6.07) is 18.5. The van der Waals surface area contributed by atoms with Gasteiger partial charge in [-0.05, 0) is 23.7 Å². The highest BCUT2D eigenvalue weighted by Crippen LogP contribution is 2.35. The molecule has 2 aliphatic rings. The first-order chi connectivity index (χ1) is 14.1. The highest BCUT2D eigenvalue weighted by molar-refractivity contribution is 5.88. The van der Waals surface area contributed by atoms with Crippen molar-refractivity contribution >= 4 is 12.0 Å². The van der Waals surface area contributed by atoms with E-state index in [9.17, 15) is 9.59 Å². The van der Waals surface area contributed by atoms with Crippen LogP contribution in [-0.2, 0) is 28.9 Å². The molecule has 0 saturated carbocycles. The van der Waals surface area contributed by atoms with E-state index >= 15 is 0 Å². The van der Waals surface area contributed by atoms with Crippen LogP contribution in [0.3, 0.4) is 0 Å². The van der Waals surface area contributed by atoms with E-state index in [4.69, 9.17) is 4.74 Å². The SMILES string of the molecule is CN(Cc1ccccc1)C1(C(=O)NCCN2CCOC2=O)Cc2ccccc2C1. The van der Waals surface area contributed by atoms with Crippen LogP contribution in [0.15, 0.2) is 54.6 Å². The zero-order valence-electron chi connectivity index (χ0n) is 16.8. The Morgan fingerprint density at radius 2 is 1.76 bits per heavy atom. The highest BCUT2D eigenvalue weighted by atomic mass is 16.6. The van der Waals surface area contributed by atoms with Crippen LogP contribution < -0.4 is 5.32 Å². The lowest BCUT2D eigenvalue weighted by Crippen LogP contribution is -2.58. The van der Waals surface area contributed by atoms with Crippen LogP contribution in [0.25, 0.3) is 0 Å². The second-order valence-electron chi connectivity index (χ2n) is 7.85. The molecule has 0 radical (unpaired) electrons. The topological polar surface area (TPSA) is 61.9 Å². The van der Waals surface area contributed by atoms with E-state index in [1.54, 1.807) is 4.90 Å². The van der Waals surface area contributed by atoms with Gasteiger partial charge >= 0.3 is 6.09 Å². The Labute approximate surface area is 171 Å². The lowest BCUT2D eigenvalue weighted by Gasteiger charge is -2.37. The van der Waals surface area contributed by atoms with Crippen LogP contribution in [0.5, 0.6) is 0 Å². The Balaban J connectivity index is 1.49. The van der Waals surface area contributed by atoms with Gasteiger partial charge < -0.3 is 15.0 Å². The summed E-state index contributed by atoms with van der Waals surface area (Å²) in [6.07, 6.45) is 1.07. The summed E-state index contributed by atoms with van der Waals surface area (Å²) in [5.74, 6) is 0.0136. The standard InChI is InChI=1S/C23H27N3O3/c1-25(17-18-7-3-2-4-8-18)23(15-19-9-5-6-10-20(19)16-23)21(27)24-11-12-26-13-14-29-22(26)28/h2-10H,11-17H2,1H3,(H,24,27). The van der Waals surface area contributed by atoms with Crippen molar-refractivity contribution in [1.82, 2.24) is 15.1 Å². The second kappa shape index (κ2) is 8.25. The first kappa shape index (κ1) is 19.5. The molecule has 29 heavy (non-hydrogen) atoms. The zero-order chi connectivity index (χ0) is 20.3. The van der Waals surface area contributed by atoms with Gasteiger partial charge in [-0.2, -0.15) is 0 Å². The minimum atomic E-state index is -0.634. The van der Waals surface area contributed by atoms with Crippen LogP contribution in [0.4, 0.5) is 4.79 Å². The van der Waals surface area contributed by atoms with Crippen molar-refractivity contribution in [2.45, 2.75) is 24.9 Å². The Morgan fingerprint density at radius 3 is 2.38 bits per heavy atom. The van der Waals surface area contributed by atoms with Gasteiger partial charge in [0.2, 0.25) is 5.91 Å². The maximum Gasteiger partial charge on any atom is 0.409 e. The van der Waals surface area contributed by atoms with Gasteiger partial charge in [-0.3, -0.25) is 9.69 Å². The van der Waals surface area contributed by atoms with E-state index < -0.39 is 5.54 Å². The molecule has 0 bridgehead atoms. The second-order valence-corrected chi connectivity index (χ2v) is 7.85. The predicted octanol–water partition coefficient (Wildman–Crippen LogP) is 2.22. The summed E-state index contributed by atoms with van der Waals surface area (Å²) in [7, 11) is 2.02. The summed E-state index contributed by atoms with van der Waals surface area (Å²) >= 11 is 0. The fourth-order valence-corrected chi connectivity index (χ4v) is 4.31. The normalized spacial score (nSPS) is 17.3. The Kier molecular flexibility index (Phi) is 5.53. The number of ether oxygens (including phenoxy) is 1. The molecule has 6 heteroatoms. The molecular formula is C23H27N3O3. The molecule has 2 amide bonds. The molecule has 152 valence electrons. The van der Waals surface area contributed by atoms with Crippen molar-refractivity contribution in [3.05, 3.63) is 71.3 Å². The zero-order valence-corrected chi connectivity index (χ0v) is 16.8. The van der Waals surface area contributed by atoms with E-state index in [-0.39, 0.29) is 12.0 Å². The van der Waals surface area contributed by atoms with Crippen molar-refractivity contribution < 1.29 is 14.3 Å². The van der Waals surface area contributed by atoms with Gasteiger partial charge in [0.25, 0.3) is 0 Å². The minimum absolute atomic E-state index is 0.0136. The highest BCUT2D eigenvalue weighted by Gasteiger charge is 2.46. The van der Waals surface area contributed by atoms with E-state index in [2.05, 4.69) is 34.5 Å². The largest absolute Gasteiger partial charge is 0.448 e. The molecule has 0 atom stereocenters.